The van der Waals surface area contributed by atoms with E-state index in [0.717, 1.165) is 10.8 Å². The maximum absolute atomic E-state index is 13.6. The zero-order valence-electron chi connectivity index (χ0n) is 17.8. The Balaban J connectivity index is 1.68. The van der Waals surface area contributed by atoms with E-state index in [4.69, 9.17) is 5.10 Å². The average Bonchev–Trinajstić information content (AvgIpc) is 3.21. The molecule has 2 aromatic carbocycles. The predicted molar refractivity (Wildman–Crippen MR) is 115 cm³/mol. The quantitative estimate of drug-likeness (QED) is 0.322. The van der Waals surface area contributed by atoms with Crippen LogP contribution in [0.2, 0.25) is 0 Å². The van der Waals surface area contributed by atoms with Crippen molar-refractivity contribution in [3.8, 4) is 0 Å². The SMILES string of the molecule is CC(C)c1nnc2c3ccccc3c(N3CCc4c(cc([N+](=O)[O-])cc4C(F)(F)F)C3)nn12. The molecule has 2 aromatic heterocycles. The topological polar surface area (TPSA) is 89.5 Å². The maximum atomic E-state index is 13.6. The number of alkyl halides is 3. The molecule has 0 radical (unpaired) electrons. The number of benzene rings is 2. The van der Waals surface area contributed by atoms with Gasteiger partial charge in [-0.15, -0.1) is 15.3 Å². The highest BCUT2D eigenvalue weighted by Gasteiger charge is 2.38. The van der Waals surface area contributed by atoms with Gasteiger partial charge in [0.1, 0.15) is 0 Å². The van der Waals surface area contributed by atoms with Gasteiger partial charge < -0.3 is 4.90 Å². The molecule has 1 aliphatic heterocycles. The summed E-state index contributed by atoms with van der Waals surface area (Å²) in [4.78, 5) is 12.4. The minimum atomic E-state index is -4.67. The second kappa shape index (κ2) is 7.39. The Hall–Kier alpha value is -3.76. The lowest BCUT2D eigenvalue weighted by Crippen LogP contribution is -2.33. The highest BCUT2D eigenvalue weighted by atomic mass is 19.4. The maximum Gasteiger partial charge on any atom is 0.416 e. The Labute approximate surface area is 185 Å². The number of halogens is 3. The Kier molecular flexibility index (Phi) is 4.73. The molecule has 0 unspecified atom stereocenters. The highest BCUT2D eigenvalue weighted by molar-refractivity contribution is 6.00. The fourth-order valence-electron chi connectivity index (χ4n) is 4.40. The summed E-state index contributed by atoms with van der Waals surface area (Å²) in [7, 11) is 0. The smallest absolute Gasteiger partial charge is 0.350 e. The molecule has 33 heavy (non-hydrogen) atoms. The molecule has 5 rings (SSSR count). The minimum absolute atomic E-state index is 0.0561. The van der Waals surface area contributed by atoms with E-state index in [1.165, 1.54) is 6.07 Å². The Morgan fingerprint density at radius 2 is 1.85 bits per heavy atom. The van der Waals surface area contributed by atoms with Crippen LogP contribution in [0.15, 0.2) is 36.4 Å². The Morgan fingerprint density at radius 3 is 2.52 bits per heavy atom. The Morgan fingerprint density at radius 1 is 1.12 bits per heavy atom. The number of non-ortho nitro benzene ring substituents is 1. The fraction of sp³-hybridized carbons (Fsp3) is 0.318. The van der Waals surface area contributed by atoms with Gasteiger partial charge >= 0.3 is 6.18 Å². The number of hydrogen-bond donors (Lipinski definition) is 0. The van der Waals surface area contributed by atoms with Gasteiger partial charge in [0.25, 0.3) is 5.69 Å². The normalized spacial score (nSPS) is 14.3. The second-order valence-corrected chi connectivity index (χ2v) is 8.37. The molecule has 0 bridgehead atoms. The van der Waals surface area contributed by atoms with Crippen molar-refractivity contribution in [1.29, 1.82) is 0 Å². The van der Waals surface area contributed by atoms with Gasteiger partial charge in [-0.2, -0.15) is 17.7 Å². The van der Waals surface area contributed by atoms with Gasteiger partial charge in [-0.3, -0.25) is 10.1 Å². The van der Waals surface area contributed by atoms with Crippen molar-refractivity contribution < 1.29 is 18.1 Å². The number of nitro groups is 1. The van der Waals surface area contributed by atoms with Gasteiger partial charge in [0.05, 0.1) is 10.5 Å². The summed E-state index contributed by atoms with van der Waals surface area (Å²) in [5.41, 5.74) is -0.536. The lowest BCUT2D eigenvalue weighted by atomic mass is 9.93. The van der Waals surface area contributed by atoms with Crippen LogP contribution in [0.3, 0.4) is 0 Å². The second-order valence-electron chi connectivity index (χ2n) is 8.37. The van der Waals surface area contributed by atoms with Crippen LogP contribution >= 0.6 is 0 Å². The van der Waals surface area contributed by atoms with Crippen molar-refractivity contribution in [3.63, 3.8) is 0 Å². The summed E-state index contributed by atoms with van der Waals surface area (Å²) in [6.07, 6.45) is -4.58. The summed E-state index contributed by atoms with van der Waals surface area (Å²) in [5.74, 6) is 1.30. The molecule has 170 valence electrons. The van der Waals surface area contributed by atoms with E-state index in [0.29, 0.717) is 23.4 Å². The molecule has 0 fully saturated rings. The summed E-state index contributed by atoms with van der Waals surface area (Å²) in [6.45, 7) is 4.31. The van der Waals surface area contributed by atoms with Crippen LogP contribution < -0.4 is 4.90 Å². The number of nitro benzene ring substituents is 1. The molecular formula is C22H19F3N6O2. The molecule has 0 atom stereocenters. The van der Waals surface area contributed by atoms with E-state index in [9.17, 15) is 23.3 Å². The summed E-state index contributed by atoms with van der Waals surface area (Å²) >= 11 is 0. The lowest BCUT2D eigenvalue weighted by molar-refractivity contribution is -0.385. The molecular weight excluding hydrogens is 437 g/mol. The van der Waals surface area contributed by atoms with Crippen LogP contribution in [0.4, 0.5) is 24.7 Å². The van der Waals surface area contributed by atoms with E-state index in [1.807, 2.05) is 43.0 Å². The van der Waals surface area contributed by atoms with Gasteiger partial charge in [0.2, 0.25) is 0 Å². The number of anilines is 1. The van der Waals surface area contributed by atoms with E-state index in [-0.39, 0.29) is 36.6 Å². The first kappa shape index (κ1) is 21.1. The number of aromatic nitrogens is 4. The van der Waals surface area contributed by atoms with E-state index >= 15 is 0 Å². The van der Waals surface area contributed by atoms with Gasteiger partial charge in [-0.25, -0.2) is 0 Å². The van der Waals surface area contributed by atoms with E-state index in [1.54, 1.807) is 4.52 Å². The number of hydrogen-bond acceptors (Lipinski definition) is 6. The fourth-order valence-corrected chi connectivity index (χ4v) is 4.40. The largest absolute Gasteiger partial charge is 0.416 e. The molecule has 0 N–H and O–H groups in total. The van der Waals surface area contributed by atoms with Crippen molar-refractivity contribution in [2.45, 2.75) is 38.9 Å². The molecule has 1 aliphatic rings. The van der Waals surface area contributed by atoms with E-state index < -0.39 is 22.4 Å². The molecule has 0 saturated heterocycles. The van der Waals surface area contributed by atoms with Crippen molar-refractivity contribution in [3.05, 3.63) is 69.0 Å². The third-order valence-corrected chi connectivity index (χ3v) is 5.92. The molecule has 11 heteroatoms. The number of fused-ring (bicyclic) bond motifs is 4. The van der Waals surface area contributed by atoms with Crippen molar-refractivity contribution in [2.75, 3.05) is 11.4 Å². The molecule has 0 aliphatic carbocycles. The van der Waals surface area contributed by atoms with Crippen LogP contribution in [-0.2, 0) is 19.1 Å². The first-order valence-corrected chi connectivity index (χ1v) is 10.4. The zero-order chi connectivity index (χ0) is 23.5. The van der Waals surface area contributed by atoms with Crippen LogP contribution in [0, 0.1) is 10.1 Å². The lowest BCUT2D eigenvalue weighted by Gasteiger charge is -2.32. The number of nitrogens with zero attached hydrogens (tertiary/aromatic N) is 6. The molecule has 4 aromatic rings. The van der Waals surface area contributed by atoms with Gasteiger partial charge in [-0.05, 0) is 17.5 Å². The number of rotatable bonds is 3. The minimum Gasteiger partial charge on any atom is -0.350 e. The standard InChI is InChI=1S/C22H19F3N6O2/c1-12(2)19-26-27-20-16-5-3-4-6-17(16)21(28-30(19)20)29-8-7-15-13(11-29)9-14(31(32)33)10-18(15)22(23,24)25/h3-6,9-10,12H,7-8,11H2,1-2H3. The van der Waals surface area contributed by atoms with Crippen LogP contribution in [0.5, 0.6) is 0 Å². The third kappa shape index (κ3) is 3.43. The molecule has 8 nitrogen and oxygen atoms in total. The molecule has 0 amide bonds. The third-order valence-electron chi connectivity index (χ3n) is 5.92. The van der Waals surface area contributed by atoms with Gasteiger partial charge in [0, 0.05) is 41.9 Å². The molecule has 0 saturated carbocycles. The average molecular weight is 456 g/mol. The predicted octanol–water partition coefficient (Wildman–Crippen LogP) is 4.89. The van der Waals surface area contributed by atoms with Crippen LogP contribution in [0.25, 0.3) is 16.4 Å². The van der Waals surface area contributed by atoms with E-state index in [2.05, 4.69) is 10.2 Å². The van der Waals surface area contributed by atoms with Gasteiger partial charge in [-0.1, -0.05) is 38.1 Å². The van der Waals surface area contributed by atoms with Crippen molar-refractivity contribution in [1.82, 2.24) is 19.8 Å². The zero-order valence-corrected chi connectivity index (χ0v) is 17.8. The van der Waals surface area contributed by atoms with Crippen molar-refractivity contribution >= 4 is 27.9 Å². The summed E-state index contributed by atoms with van der Waals surface area (Å²) in [5, 5.41) is 26.2. The van der Waals surface area contributed by atoms with Crippen LogP contribution in [-0.4, -0.2) is 31.3 Å². The highest BCUT2D eigenvalue weighted by Crippen LogP contribution is 2.39. The molecule has 3 heterocycles. The monoisotopic (exact) mass is 456 g/mol. The van der Waals surface area contributed by atoms with Gasteiger partial charge in [0.15, 0.2) is 17.3 Å². The first-order valence-electron chi connectivity index (χ1n) is 10.4. The summed E-state index contributed by atoms with van der Waals surface area (Å²) < 4.78 is 42.6. The summed E-state index contributed by atoms with van der Waals surface area (Å²) in [6, 6.07) is 9.37. The van der Waals surface area contributed by atoms with Crippen molar-refractivity contribution in [2.24, 2.45) is 0 Å². The first-order chi connectivity index (χ1) is 15.6. The molecule has 0 spiro atoms. The van der Waals surface area contributed by atoms with Crippen LogP contribution in [0.1, 0.15) is 42.3 Å². The Bertz CT molecular complexity index is 1410.